The largest absolute Gasteiger partial charge is 0.486 e. The minimum Gasteiger partial charge on any atom is -0.486 e. The number of benzene rings is 2. The lowest BCUT2D eigenvalue weighted by atomic mass is 10.0. The van der Waals surface area contributed by atoms with E-state index in [2.05, 4.69) is 14.9 Å². The number of hydrogen-bond acceptors (Lipinski definition) is 6. The Hall–Kier alpha value is -2.78. The Kier molecular flexibility index (Phi) is 7.09. The van der Waals surface area contributed by atoms with Gasteiger partial charge in [0.1, 0.15) is 19.3 Å². The summed E-state index contributed by atoms with van der Waals surface area (Å²) in [7, 11) is -3.95. The number of carbonyl (C=O) groups is 1. The number of piperidine rings is 1. The molecule has 0 radical (unpaired) electrons. The van der Waals surface area contributed by atoms with Crippen molar-refractivity contribution in [3.05, 3.63) is 42.5 Å². The third kappa shape index (κ3) is 5.59. The van der Waals surface area contributed by atoms with Crippen molar-refractivity contribution >= 4 is 27.3 Å². The Morgan fingerprint density at radius 3 is 2.27 bits per heavy atom. The summed E-state index contributed by atoms with van der Waals surface area (Å²) in [6.07, 6.45) is 3.65. The molecular weight excluding hydrogens is 442 g/mol. The van der Waals surface area contributed by atoms with Gasteiger partial charge in [-0.1, -0.05) is 13.8 Å². The van der Waals surface area contributed by atoms with Crippen LogP contribution in [0.4, 0.5) is 11.4 Å². The quantitative estimate of drug-likeness (QED) is 0.640. The minimum atomic E-state index is -3.95. The Morgan fingerprint density at radius 2 is 1.61 bits per heavy atom. The van der Waals surface area contributed by atoms with E-state index in [1.54, 1.807) is 19.9 Å². The Balaban J connectivity index is 1.45. The maximum atomic E-state index is 13.0. The van der Waals surface area contributed by atoms with Gasteiger partial charge in [-0.2, -0.15) is 4.72 Å². The van der Waals surface area contributed by atoms with Crippen molar-refractivity contribution in [2.24, 2.45) is 5.92 Å². The fourth-order valence-corrected chi connectivity index (χ4v) is 5.41. The molecule has 4 rings (SSSR count). The highest BCUT2D eigenvalue weighted by molar-refractivity contribution is 7.89. The van der Waals surface area contributed by atoms with Crippen LogP contribution in [0.15, 0.2) is 47.4 Å². The second kappa shape index (κ2) is 10.0. The molecule has 0 aliphatic carbocycles. The molecule has 2 aromatic rings. The number of rotatable bonds is 7. The van der Waals surface area contributed by atoms with Crippen LogP contribution in [0.5, 0.6) is 11.5 Å². The third-order valence-corrected chi connectivity index (χ3v) is 7.35. The molecule has 33 heavy (non-hydrogen) atoms. The lowest BCUT2D eigenvalue weighted by Gasteiger charge is -2.29. The molecule has 1 amide bonds. The number of nitrogens with one attached hydrogen (secondary N) is 2. The number of hydrogen-bond donors (Lipinski definition) is 2. The second-order valence-corrected chi connectivity index (χ2v) is 10.4. The van der Waals surface area contributed by atoms with Crippen LogP contribution >= 0.6 is 0 Å². The van der Waals surface area contributed by atoms with Crippen LogP contribution in [0.1, 0.15) is 33.1 Å². The fraction of sp³-hybridized carbons (Fsp3) is 0.458. The highest BCUT2D eigenvalue weighted by Gasteiger charge is 2.29. The molecule has 8 nitrogen and oxygen atoms in total. The van der Waals surface area contributed by atoms with Gasteiger partial charge in [0.05, 0.1) is 4.90 Å². The van der Waals surface area contributed by atoms with E-state index in [9.17, 15) is 13.2 Å². The van der Waals surface area contributed by atoms with Crippen LogP contribution < -0.4 is 24.4 Å². The molecule has 0 aromatic heterocycles. The van der Waals surface area contributed by atoms with Gasteiger partial charge in [-0.25, -0.2) is 8.42 Å². The summed E-state index contributed by atoms with van der Waals surface area (Å²) in [6.45, 7) is 6.47. The van der Waals surface area contributed by atoms with Crippen molar-refractivity contribution in [2.45, 2.75) is 44.0 Å². The highest BCUT2D eigenvalue weighted by atomic mass is 32.2. The summed E-state index contributed by atoms with van der Waals surface area (Å²) in [5.74, 6) is 0.219. The van der Waals surface area contributed by atoms with Crippen LogP contribution in [-0.2, 0) is 14.8 Å². The molecule has 1 fully saturated rings. The van der Waals surface area contributed by atoms with Crippen LogP contribution in [0.3, 0.4) is 0 Å². The van der Waals surface area contributed by atoms with E-state index in [-0.39, 0.29) is 10.8 Å². The number of anilines is 2. The molecule has 0 bridgehead atoms. The maximum absolute atomic E-state index is 13.0. The van der Waals surface area contributed by atoms with E-state index >= 15 is 0 Å². The maximum Gasteiger partial charge on any atom is 0.242 e. The van der Waals surface area contributed by atoms with Gasteiger partial charge in [0.15, 0.2) is 11.5 Å². The monoisotopic (exact) mass is 473 g/mol. The zero-order chi connectivity index (χ0) is 23.4. The van der Waals surface area contributed by atoms with Gasteiger partial charge in [-0.05, 0) is 61.6 Å². The third-order valence-electron chi connectivity index (χ3n) is 5.91. The van der Waals surface area contributed by atoms with E-state index in [1.165, 1.54) is 31.4 Å². The van der Waals surface area contributed by atoms with Gasteiger partial charge in [0.25, 0.3) is 0 Å². The molecule has 2 aromatic carbocycles. The zero-order valence-electron chi connectivity index (χ0n) is 19.0. The average molecular weight is 474 g/mol. The van der Waals surface area contributed by atoms with Gasteiger partial charge in [0.2, 0.25) is 15.9 Å². The first-order valence-corrected chi connectivity index (χ1v) is 12.9. The van der Waals surface area contributed by atoms with E-state index in [0.29, 0.717) is 30.4 Å². The van der Waals surface area contributed by atoms with E-state index < -0.39 is 22.0 Å². The predicted molar refractivity (Wildman–Crippen MR) is 128 cm³/mol. The summed E-state index contributed by atoms with van der Waals surface area (Å²) in [5, 5.41) is 2.85. The minimum absolute atomic E-state index is 0.0242. The number of ether oxygens (including phenoxy) is 2. The van der Waals surface area contributed by atoms with Crippen LogP contribution in [0.25, 0.3) is 0 Å². The Morgan fingerprint density at radius 1 is 0.939 bits per heavy atom. The number of carbonyl (C=O) groups excluding carboxylic acids is 1. The molecule has 2 heterocycles. The molecule has 0 unspecified atom stereocenters. The number of nitrogens with zero attached hydrogens (tertiary/aromatic N) is 1. The van der Waals surface area contributed by atoms with Crippen molar-refractivity contribution in [1.82, 2.24) is 4.72 Å². The SMILES string of the molecule is CC(C)[C@@H](NS(=O)(=O)c1ccc2c(c1)OCCO2)C(=O)Nc1ccc(N2CCCCC2)cc1. The summed E-state index contributed by atoms with van der Waals surface area (Å²) in [6, 6.07) is 11.2. The average Bonchev–Trinajstić information content (AvgIpc) is 2.83. The summed E-state index contributed by atoms with van der Waals surface area (Å²) in [5.41, 5.74) is 1.76. The molecular formula is C24H31N3O5S. The summed E-state index contributed by atoms with van der Waals surface area (Å²) < 4.78 is 39.5. The molecule has 9 heteroatoms. The smallest absolute Gasteiger partial charge is 0.242 e. The molecule has 2 N–H and O–H groups in total. The van der Waals surface area contributed by atoms with Crippen LogP contribution in [0, 0.1) is 5.92 Å². The standard InChI is InChI=1S/C24H31N3O5S/c1-17(2)23(26-33(29,30)20-10-11-21-22(16-20)32-15-14-31-21)24(28)25-18-6-8-19(9-7-18)27-12-4-3-5-13-27/h6-11,16-17,23,26H,3-5,12-15H2,1-2H3,(H,25,28)/t23-/m1/s1. The first-order chi connectivity index (χ1) is 15.8. The van der Waals surface area contributed by atoms with Crippen molar-refractivity contribution in [3.63, 3.8) is 0 Å². The molecule has 178 valence electrons. The van der Waals surface area contributed by atoms with Gasteiger partial charge in [-0.15, -0.1) is 0 Å². The number of amides is 1. The molecule has 2 aliphatic rings. The van der Waals surface area contributed by atoms with E-state index in [4.69, 9.17) is 9.47 Å². The Bertz CT molecular complexity index is 1080. The predicted octanol–water partition coefficient (Wildman–Crippen LogP) is 3.39. The van der Waals surface area contributed by atoms with Gasteiger partial charge < -0.3 is 19.7 Å². The van der Waals surface area contributed by atoms with Gasteiger partial charge in [-0.3, -0.25) is 4.79 Å². The van der Waals surface area contributed by atoms with Crippen molar-refractivity contribution in [3.8, 4) is 11.5 Å². The lowest BCUT2D eigenvalue weighted by Crippen LogP contribution is -2.47. The van der Waals surface area contributed by atoms with Gasteiger partial charge in [0, 0.05) is 30.5 Å². The molecule has 1 saturated heterocycles. The Labute approximate surface area is 195 Å². The van der Waals surface area contributed by atoms with Crippen molar-refractivity contribution in [1.29, 1.82) is 0 Å². The molecule has 0 saturated carbocycles. The topological polar surface area (TPSA) is 97.0 Å². The van der Waals surface area contributed by atoms with Crippen LogP contribution in [0.2, 0.25) is 0 Å². The first-order valence-electron chi connectivity index (χ1n) is 11.4. The zero-order valence-corrected chi connectivity index (χ0v) is 19.9. The summed E-state index contributed by atoms with van der Waals surface area (Å²) in [4.78, 5) is 15.4. The van der Waals surface area contributed by atoms with E-state index in [0.717, 1.165) is 18.8 Å². The number of sulfonamides is 1. The van der Waals surface area contributed by atoms with Crippen LogP contribution in [-0.4, -0.2) is 46.7 Å². The molecule has 0 spiro atoms. The van der Waals surface area contributed by atoms with Crippen molar-refractivity contribution in [2.75, 3.05) is 36.5 Å². The highest BCUT2D eigenvalue weighted by Crippen LogP contribution is 2.32. The molecule has 2 aliphatic heterocycles. The molecule has 1 atom stereocenters. The second-order valence-electron chi connectivity index (χ2n) is 8.73. The lowest BCUT2D eigenvalue weighted by molar-refractivity contribution is -0.118. The van der Waals surface area contributed by atoms with Crippen molar-refractivity contribution < 1.29 is 22.7 Å². The number of fused-ring (bicyclic) bond motifs is 1. The van der Waals surface area contributed by atoms with E-state index in [1.807, 2.05) is 24.3 Å². The first kappa shape index (κ1) is 23.4. The fourth-order valence-electron chi connectivity index (χ4n) is 4.05. The van der Waals surface area contributed by atoms with Gasteiger partial charge >= 0.3 is 0 Å². The summed E-state index contributed by atoms with van der Waals surface area (Å²) >= 11 is 0. The normalized spacial score (nSPS) is 17.0.